The van der Waals surface area contributed by atoms with E-state index < -0.39 is 13.9 Å². The number of nitro groups is 1. The minimum Gasteiger partial charge on any atom is -0.414 e. The lowest BCUT2D eigenvalue weighted by molar-refractivity contribution is -0.558. The summed E-state index contributed by atoms with van der Waals surface area (Å²) in [6, 6.07) is 0. The molecule has 0 aromatic heterocycles. The van der Waals surface area contributed by atoms with Gasteiger partial charge in [-0.25, -0.2) is 0 Å². The van der Waals surface area contributed by atoms with Crippen molar-refractivity contribution in [2.45, 2.75) is 96.5 Å². The predicted octanol–water partition coefficient (Wildman–Crippen LogP) is 5.26. The number of hydrogen-bond donors (Lipinski definition) is 0. The van der Waals surface area contributed by atoms with Crippen molar-refractivity contribution in [3.63, 3.8) is 0 Å². The number of nitrogens with zero attached hydrogens (tertiary/aromatic N) is 1. The molecule has 0 unspecified atom stereocenters. The molecule has 4 nitrogen and oxygen atoms in total. The highest BCUT2D eigenvalue weighted by atomic mass is 28.4. The first kappa shape index (κ1) is 18.9. The summed E-state index contributed by atoms with van der Waals surface area (Å²) in [4.78, 5) is 11.8. The first-order valence-electron chi connectivity index (χ1n) is 9.29. The molecule has 0 spiro atoms. The Hall–Kier alpha value is -0.423. The maximum Gasteiger partial charge on any atom is 0.229 e. The van der Waals surface area contributed by atoms with Crippen LogP contribution >= 0.6 is 0 Å². The summed E-state index contributed by atoms with van der Waals surface area (Å²) in [6.07, 6.45) is 5.04. The summed E-state index contributed by atoms with van der Waals surface area (Å²) < 4.78 is 6.70. The van der Waals surface area contributed by atoms with E-state index in [1.165, 1.54) is 0 Å². The van der Waals surface area contributed by atoms with E-state index in [9.17, 15) is 10.1 Å². The second-order valence-electron chi connectivity index (χ2n) is 9.41. The molecule has 0 aromatic rings. The number of rotatable bonds is 6. The second-order valence-corrected chi connectivity index (χ2v) is 14.2. The van der Waals surface area contributed by atoms with Gasteiger partial charge >= 0.3 is 0 Å². The molecular formula is C18H35NO3Si. The fourth-order valence-electron chi connectivity index (χ4n) is 4.29. The molecule has 0 saturated heterocycles. The van der Waals surface area contributed by atoms with Crippen LogP contribution in [-0.2, 0) is 4.43 Å². The monoisotopic (exact) mass is 341 g/mol. The highest BCUT2D eigenvalue weighted by Gasteiger charge is 2.74. The van der Waals surface area contributed by atoms with Crippen LogP contribution in [0.25, 0.3) is 0 Å². The fourth-order valence-corrected chi connectivity index (χ4v) is 5.71. The zero-order valence-corrected chi connectivity index (χ0v) is 17.0. The predicted molar refractivity (Wildman–Crippen MR) is 96.7 cm³/mol. The molecule has 5 atom stereocenters. The summed E-state index contributed by atoms with van der Waals surface area (Å²) in [5, 5.41) is 11.9. The summed E-state index contributed by atoms with van der Waals surface area (Å²) in [6.45, 7) is 15.8. The van der Waals surface area contributed by atoms with Crippen molar-refractivity contribution in [2.24, 2.45) is 17.8 Å². The molecule has 0 heterocycles. The summed E-state index contributed by atoms with van der Waals surface area (Å²) in [5.74, 6) is 0.719. The van der Waals surface area contributed by atoms with E-state index >= 15 is 0 Å². The Balaban J connectivity index is 2.18. The average Bonchev–Trinajstić information content (AvgIpc) is 3.12. The zero-order valence-electron chi connectivity index (χ0n) is 16.0. The molecule has 2 fully saturated rings. The van der Waals surface area contributed by atoms with Gasteiger partial charge in [-0.3, -0.25) is 10.1 Å². The number of unbranched alkanes of at least 4 members (excludes halogenated alkanes) is 1. The zero-order chi connectivity index (χ0) is 17.6. The SMILES string of the molecule is CCCC[C@@H]1[C@@H](C)[C@H](O[Si](C)(C)C(C)(C)C)C[C@@H]2C[C@@]21[N+](=O)[O-]. The van der Waals surface area contributed by atoms with Gasteiger partial charge in [0.25, 0.3) is 0 Å². The van der Waals surface area contributed by atoms with Crippen molar-refractivity contribution >= 4 is 8.32 Å². The molecule has 0 bridgehead atoms. The Kier molecular flexibility index (Phi) is 5.05. The quantitative estimate of drug-likeness (QED) is 0.376. The topological polar surface area (TPSA) is 52.4 Å². The highest BCUT2D eigenvalue weighted by Crippen LogP contribution is 2.62. The lowest BCUT2D eigenvalue weighted by atomic mass is 9.72. The Morgan fingerprint density at radius 1 is 1.35 bits per heavy atom. The van der Waals surface area contributed by atoms with Crippen LogP contribution in [0.2, 0.25) is 18.1 Å². The second kappa shape index (κ2) is 6.14. The van der Waals surface area contributed by atoms with Crippen LogP contribution in [0.15, 0.2) is 0 Å². The van der Waals surface area contributed by atoms with Gasteiger partial charge < -0.3 is 4.43 Å². The third-order valence-electron chi connectivity index (χ3n) is 6.96. The van der Waals surface area contributed by atoms with Crippen molar-refractivity contribution in [2.75, 3.05) is 0 Å². The fraction of sp³-hybridized carbons (Fsp3) is 1.00. The van der Waals surface area contributed by atoms with Gasteiger partial charge in [0.2, 0.25) is 5.54 Å². The van der Waals surface area contributed by atoms with Crippen LogP contribution in [0.5, 0.6) is 0 Å². The van der Waals surface area contributed by atoms with Gasteiger partial charge in [-0.1, -0.05) is 47.5 Å². The summed E-state index contributed by atoms with van der Waals surface area (Å²) >= 11 is 0. The van der Waals surface area contributed by atoms with Gasteiger partial charge in [-0.05, 0) is 36.9 Å². The van der Waals surface area contributed by atoms with E-state index in [1.54, 1.807) is 0 Å². The lowest BCUT2D eigenvalue weighted by Crippen LogP contribution is -2.52. The molecule has 0 N–H and O–H groups in total. The molecule has 0 aromatic carbocycles. The molecule has 23 heavy (non-hydrogen) atoms. The van der Waals surface area contributed by atoms with E-state index in [0.29, 0.717) is 5.92 Å². The highest BCUT2D eigenvalue weighted by molar-refractivity contribution is 6.74. The van der Waals surface area contributed by atoms with E-state index in [1.807, 2.05) is 0 Å². The van der Waals surface area contributed by atoms with Gasteiger partial charge in [0.05, 0.1) is 0 Å². The van der Waals surface area contributed by atoms with E-state index in [2.05, 4.69) is 47.7 Å². The Bertz CT molecular complexity index is 460. The Labute approximate surface area is 142 Å². The van der Waals surface area contributed by atoms with Crippen LogP contribution in [0.3, 0.4) is 0 Å². The molecule has 0 aliphatic heterocycles. The minimum atomic E-state index is -1.83. The lowest BCUT2D eigenvalue weighted by Gasteiger charge is -2.44. The largest absolute Gasteiger partial charge is 0.414 e. The standard InChI is InChI=1S/C18H35NO3Si/c1-8-9-10-15-13(2)16(22-23(6,7)17(3,4)5)11-14-12-18(14,15)19(20)21/h13-16H,8-12H2,1-7H3/t13-,14-,15-,16-,18-/m1/s1. The van der Waals surface area contributed by atoms with Crippen molar-refractivity contribution in [1.82, 2.24) is 0 Å². The Morgan fingerprint density at radius 3 is 2.43 bits per heavy atom. The van der Waals surface area contributed by atoms with Crippen LogP contribution in [0.1, 0.15) is 66.7 Å². The molecular weight excluding hydrogens is 306 g/mol. The van der Waals surface area contributed by atoms with Gasteiger partial charge in [-0.15, -0.1) is 0 Å². The normalized spacial score (nSPS) is 37.3. The van der Waals surface area contributed by atoms with Crippen LogP contribution in [0, 0.1) is 27.9 Å². The third kappa shape index (κ3) is 3.23. The van der Waals surface area contributed by atoms with Crippen LogP contribution in [-0.4, -0.2) is 24.9 Å². The van der Waals surface area contributed by atoms with E-state index in [4.69, 9.17) is 4.43 Å². The molecule has 2 aliphatic rings. The molecule has 2 aliphatic carbocycles. The smallest absolute Gasteiger partial charge is 0.229 e. The summed E-state index contributed by atoms with van der Waals surface area (Å²) in [7, 11) is -1.83. The average molecular weight is 342 g/mol. The van der Waals surface area contributed by atoms with Crippen LogP contribution < -0.4 is 0 Å². The minimum absolute atomic E-state index is 0.0526. The van der Waals surface area contributed by atoms with E-state index in [-0.39, 0.29) is 27.9 Å². The molecule has 2 saturated carbocycles. The van der Waals surface area contributed by atoms with E-state index in [0.717, 1.165) is 32.1 Å². The van der Waals surface area contributed by atoms with Gasteiger partial charge in [0, 0.05) is 29.3 Å². The third-order valence-corrected chi connectivity index (χ3v) is 11.5. The number of hydrogen-bond acceptors (Lipinski definition) is 3. The molecule has 2 rings (SSSR count). The Morgan fingerprint density at radius 2 is 1.96 bits per heavy atom. The maximum atomic E-state index is 11.8. The first-order chi connectivity index (χ1) is 10.5. The first-order valence-corrected chi connectivity index (χ1v) is 12.2. The molecule has 0 radical (unpaired) electrons. The molecule has 5 heteroatoms. The van der Waals surface area contributed by atoms with Crippen molar-refractivity contribution in [1.29, 1.82) is 0 Å². The molecule has 134 valence electrons. The molecule has 0 amide bonds. The van der Waals surface area contributed by atoms with Gasteiger partial charge in [-0.2, -0.15) is 0 Å². The number of fused-ring (bicyclic) bond motifs is 1. The maximum absolute atomic E-state index is 11.8. The van der Waals surface area contributed by atoms with Gasteiger partial charge in [0.15, 0.2) is 8.32 Å². The van der Waals surface area contributed by atoms with Crippen molar-refractivity contribution in [3.8, 4) is 0 Å². The summed E-state index contributed by atoms with van der Waals surface area (Å²) in [5.41, 5.74) is -0.623. The van der Waals surface area contributed by atoms with Crippen molar-refractivity contribution in [3.05, 3.63) is 10.1 Å². The van der Waals surface area contributed by atoms with Crippen molar-refractivity contribution < 1.29 is 9.35 Å². The van der Waals surface area contributed by atoms with Crippen LogP contribution in [0.4, 0.5) is 0 Å². The van der Waals surface area contributed by atoms with Gasteiger partial charge in [0.1, 0.15) is 0 Å².